The first kappa shape index (κ1) is 10.3. The van der Waals surface area contributed by atoms with E-state index < -0.39 is 0 Å². The summed E-state index contributed by atoms with van der Waals surface area (Å²) in [5.41, 5.74) is -0.116. The minimum absolute atomic E-state index is 0.116. The smallest absolute Gasteiger partial charge is 0.120 e. The van der Waals surface area contributed by atoms with Crippen molar-refractivity contribution in [1.82, 2.24) is 5.32 Å². The minimum atomic E-state index is -0.116. The third kappa shape index (κ3) is 2.63. The molecule has 3 nitrogen and oxygen atoms in total. The Morgan fingerprint density at radius 3 is 2.67 bits per heavy atom. The number of benzene rings is 1. The van der Waals surface area contributed by atoms with Crippen LogP contribution in [0.25, 0.3) is 0 Å². The third-order valence-corrected chi connectivity index (χ3v) is 2.76. The third-order valence-electron chi connectivity index (χ3n) is 2.76. The average molecular weight is 207 g/mol. The van der Waals surface area contributed by atoms with E-state index in [1.807, 2.05) is 0 Å². The number of hydrogen-bond acceptors (Lipinski definition) is 3. The van der Waals surface area contributed by atoms with Crippen LogP contribution in [0.3, 0.4) is 0 Å². The number of ether oxygens (including phenoxy) is 1. The molecule has 1 fully saturated rings. The summed E-state index contributed by atoms with van der Waals surface area (Å²) < 4.78 is 5.92. The predicted octanol–water partition coefficient (Wildman–Crippen LogP) is 1.91. The van der Waals surface area contributed by atoms with Gasteiger partial charge in [0.05, 0.1) is 0 Å². The normalized spacial score (nSPS) is 26.2. The first-order chi connectivity index (χ1) is 7.18. The van der Waals surface area contributed by atoms with Gasteiger partial charge >= 0.3 is 0 Å². The highest BCUT2D eigenvalue weighted by molar-refractivity contribution is 5.30. The molecular formula is C12H17NO2. The minimum Gasteiger partial charge on any atom is -0.508 e. The van der Waals surface area contributed by atoms with Gasteiger partial charge in [-0.25, -0.2) is 0 Å². The van der Waals surface area contributed by atoms with Gasteiger partial charge in [-0.15, -0.1) is 0 Å². The van der Waals surface area contributed by atoms with Gasteiger partial charge < -0.3 is 15.2 Å². The summed E-state index contributed by atoms with van der Waals surface area (Å²) in [7, 11) is 0. The van der Waals surface area contributed by atoms with Crippen LogP contribution in [-0.4, -0.2) is 23.8 Å². The lowest BCUT2D eigenvalue weighted by molar-refractivity contribution is 0.0614. The molecule has 0 radical (unpaired) electrons. The molecule has 2 rings (SSSR count). The highest BCUT2D eigenvalue weighted by atomic mass is 16.5. The molecule has 3 heteroatoms. The molecule has 1 heterocycles. The van der Waals surface area contributed by atoms with Crippen molar-refractivity contribution in [2.75, 3.05) is 13.1 Å². The fraction of sp³-hybridized carbons (Fsp3) is 0.500. The first-order valence-corrected chi connectivity index (χ1v) is 5.37. The molecule has 1 unspecified atom stereocenters. The Bertz CT molecular complexity index is 315. The van der Waals surface area contributed by atoms with Crippen LogP contribution in [0.5, 0.6) is 11.5 Å². The molecule has 82 valence electrons. The van der Waals surface area contributed by atoms with Gasteiger partial charge in [0.25, 0.3) is 0 Å². The molecule has 0 spiro atoms. The Morgan fingerprint density at radius 1 is 1.33 bits per heavy atom. The number of piperidine rings is 1. The van der Waals surface area contributed by atoms with Crippen molar-refractivity contribution in [3.05, 3.63) is 24.3 Å². The number of hydrogen-bond donors (Lipinski definition) is 2. The van der Waals surface area contributed by atoms with E-state index in [4.69, 9.17) is 9.84 Å². The zero-order chi connectivity index (χ0) is 10.7. The van der Waals surface area contributed by atoms with Gasteiger partial charge in [0, 0.05) is 6.54 Å². The second-order valence-electron chi connectivity index (χ2n) is 4.33. The van der Waals surface area contributed by atoms with Crippen molar-refractivity contribution in [2.45, 2.75) is 25.4 Å². The van der Waals surface area contributed by atoms with Crippen LogP contribution in [0.15, 0.2) is 24.3 Å². The fourth-order valence-corrected chi connectivity index (χ4v) is 1.91. The standard InChI is InChI=1S/C12H17NO2/c1-12(7-2-8-13-9-12)15-11-5-3-10(14)4-6-11/h3-6,13-14H,2,7-9H2,1H3. The Hall–Kier alpha value is -1.22. The summed E-state index contributed by atoms with van der Waals surface area (Å²) in [6.07, 6.45) is 2.22. The van der Waals surface area contributed by atoms with Crippen LogP contribution in [0.4, 0.5) is 0 Å². The SMILES string of the molecule is CC1(Oc2ccc(O)cc2)CCCNC1. The maximum Gasteiger partial charge on any atom is 0.120 e. The van der Waals surface area contributed by atoms with Crippen LogP contribution in [0.2, 0.25) is 0 Å². The topological polar surface area (TPSA) is 41.5 Å². The van der Waals surface area contributed by atoms with Crippen molar-refractivity contribution in [3.63, 3.8) is 0 Å². The maximum absolute atomic E-state index is 9.16. The lowest BCUT2D eigenvalue weighted by Gasteiger charge is -2.34. The van der Waals surface area contributed by atoms with Gasteiger partial charge in [-0.2, -0.15) is 0 Å². The number of phenolic OH excluding ortho intramolecular Hbond substituents is 1. The summed E-state index contributed by atoms with van der Waals surface area (Å²) in [5, 5.41) is 12.5. The van der Waals surface area contributed by atoms with Crippen LogP contribution in [-0.2, 0) is 0 Å². The van der Waals surface area contributed by atoms with Gasteiger partial charge in [-0.1, -0.05) is 0 Å². The van der Waals surface area contributed by atoms with Crippen LogP contribution < -0.4 is 10.1 Å². The summed E-state index contributed by atoms with van der Waals surface area (Å²) in [5.74, 6) is 1.09. The van der Waals surface area contributed by atoms with E-state index in [1.165, 1.54) is 0 Å². The predicted molar refractivity (Wildman–Crippen MR) is 59.2 cm³/mol. The van der Waals surface area contributed by atoms with Crippen molar-refractivity contribution in [3.8, 4) is 11.5 Å². The Kier molecular flexibility index (Phi) is 2.82. The van der Waals surface area contributed by atoms with E-state index in [2.05, 4.69) is 12.2 Å². The lowest BCUT2D eigenvalue weighted by Crippen LogP contribution is -2.47. The molecule has 1 aromatic carbocycles. The number of phenols is 1. The molecule has 1 atom stereocenters. The van der Waals surface area contributed by atoms with Crippen LogP contribution in [0.1, 0.15) is 19.8 Å². The van der Waals surface area contributed by atoms with Crippen LogP contribution in [0, 0.1) is 0 Å². The lowest BCUT2D eigenvalue weighted by atomic mass is 9.96. The van der Waals surface area contributed by atoms with E-state index in [0.29, 0.717) is 0 Å². The van der Waals surface area contributed by atoms with Crippen molar-refractivity contribution in [1.29, 1.82) is 0 Å². The summed E-state index contributed by atoms with van der Waals surface area (Å²) in [4.78, 5) is 0. The Balaban J connectivity index is 2.03. The number of nitrogens with one attached hydrogen (secondary N) is 1. The Morgan fingerprint density at radius 2 is 2.07 bits per heavy atom. The highest BCUT2D eigenvalue weighted by Crippen LogP contribution is 2.25. The zero-order valence-corrected chi connectivity index (χ0v) is 8.99. The molecule has 1 saturated heterocycles. The largest absolute Gasteiger partial charge is 0.508 e. The van der Waals surface area contributed by atoms with Crippen molar-refractivity contribution >= 4 is 0 Å². The van der Waals surface area contributed by atoms with E-state index in [0.717, 1.165) is 31.7 Å². The average Bonchev–Trinajstić information content (AvgIpc) is 2.22. The molecule has 0 amide bonds. The summed E-state index contributed by atoms with van der Waals surface area (Å²) in [6.45, 7) is 4.08. The first-order valence-electron chi connectivity index (χ1n) is 5.37. The van der Waals surface area contributed by atoms with E-state index >= 15 is 0 Å². The molecular weight excluding hydrogens is 190 g/mol. The molecule has 0 saturated carbocycles. The molecule has 0 aromatic heterocycles. The fourth-order valence-electron chi connectivity index (χ4n) is 1.91. The maximum atomic E-state index is 9.16. The second-order valence-corrected chi connectivity index (χ2v) is 4.33. The van der Waals surface area contributed by atoms with Gasteiger partial charge in [0.15, 0.2) is 0 Å². The van der Waals surface area contributed by atoms with E-state index in [9.17, 15) is 0 Å². The van der Waals surface area contributed by atoms with Crippen molar-refractivity contribution in [2.24, 2.45) is 0 Å². The van der Waals surface area contributed by atoms with Gasteiger partial charge in [-0.3, -0.25) is 0 Å². The van der Waals surface area contributed by atoms with Gasteiger partial charge in [0.1, 0.15) is 17.1 Å². The zero-order valence-electron chi connectivity index (χ0n) is 8.99. The van der Waals surface area contributed by atoms with Crippen LogP contribution >= 0.6 is 0 Å². The summed E-state index contributed by atoms with van der Waals surface area (Å²) >= 11 is 0. The monoisotopic (exact) mass is 207 g/mol. The van der Waals surface area contributed by atoms with E-state index in [-0.39, 0.29) is 11.4 Å². The molecule has 1 aliphatic heterocycles. The molecule has 0 aliphatic carbocycles. The quantitative estimate of drug-likeness (QED) is 0.778. The molecule has 15 heavy (non-hydrogen) atoms. The van der Waals surface area contributed by atoms with Crippen molar-refractivity contribution < 1.29 is 9.84 Å². The van der Waals surface area contributed by atoms with Gasteiger partial charge in [-0.05, 0) is 50.6 Å². The molecule has 0 bridgehead atoms. The summed E-state index contributed by atoms with van der Waals surface area (Å²) in [6, 6.07) is 6.90. The molecule has 2 N–H and O–H groups in total. The molecule has 1 aromatic rings. The Labute approximate surface area is 90.1 Å². The number of aromatic hydroxyl groups is 1. The van der Waals surface area contributed by atoms with E-state index in [1.54, 1.807) is 24.3 Å². The highest BCUT2D eigenvalue weighted by Gasteiger charge is 2.28. The second kappa shape index (κ2) is 4.11. The van der Waals surface area contributed by atoms with Gasteiger partial charge in [0.2, 0.25) is 0 Å². The number of rotatable bonds is 2. The molecule has 1 aliphatic rings.